The van der Waals surface area contributed by atoms with Gasteiger partial charge in [-0.3, -0.25) is 29.3 Å². The molecule has 1 aliphatic heterocycles. The lowest BCUT2D eigenvalue weighted by Gasteiger charge is -2.30. The van der Waals surface area contributed by atoms with E-state index >= 15 is 0 Å². The molecule has 2 aromatic rings. The van der Waals surface area contributed by atoms with Crippen molar-refractivity contribution in [3.8, 4) is 0 Å². The summed E-state index contributed by atoms with van der Waals surface area (Å²) >= 11 is 19.2. The van der Waals surface area contributed by atoms with Gasteiger partial charge in [0.15, 0.2) is 5.78 Å². The SMILES string of the molecule is O=C(CN(C(=O)c1ccc(Cl)cc1Cl)N1C(=O)[C@@H]2C[C@@H](Br)[C@@H](Br)C[C@H]2C1=O)c1ccc([N+](=O)[O-])cc1. The third kappa shape index (κ3) is 5.06. The van der Waals surface area contributed by atoms with Crippen LogP contribution >= 0.6 is 55.1 Å². The summed E-state index contributed by atoms with van der Waals surface area (Å²) in [4.78, 5) is 63.7. The van der Waals surface area contributed by atoms with Crippen LogP contribution < -0.4 is 0 Å². The summed E-state index contributed by atoms with van der Waals surface area (Å²) in [7, 11) is 0. The van der Waals surface area contributed by atoms with Gasteiger partial charge in [0.05, 0.1) is 27.3 Å². The Bertz CT molecular complexity index is 1250. The Balaban J connectivity index is 1.71. The van der Waals surface area contributed by atoms with Crippen molar-refractivity contribution in [2.75, 3.05) is 6.54 Å². The number of nitro benzene ring substituents is 1. The smallest absolute Gasteiger partial charge is 0.274 e. The predicted molar refractivity (Wildman–Crippen MR) is 138 cm³/mol. The maximum absolute atomic E-state index is 13.6. The van der Waals surface area contributed by atoms with Crippen molar-refractivity contribution in [2.24, 2.45) is 11.8 Å². The predicted octanol–water partition coefficient (Wildman–Crippen LogP) is 5.06. The van der Waals surface area contributed by atoms with E-state index in [1.165, 1.54) is 30.3 Å². The number of hydrogen-bond acceptors (Lipinski definition) is 6. The van der Waals surface area contributed by atoms with E-state index in [0.717, 1.165) is 22.2 Å². The molecule has 188 valence electrons. The fraction of sp³-hybridized carbons (Fsp3) is 0.304. The standard InChI is InChI=1S/C23H17Br2Cl2N3O6/c24-17-8-15-16(9-18(17)25)23(34)29(22(15)33)28(21(32)14-6-3-12(26)7-19(14)27)10-20(31)11-1-4-13(5-2-11)30(35)36/h1-7,15-18H,8-10H2/t15-,16-,17-,18+/m1/s1. The highest BCUT2D eigenvalue weighted by Crippen LogP contribution is 2.44. The van der Waals surface area contributed by atoms with Crippen LogP contribution in [0.15, 0.2) is 42.5 Å². The van der Waals surface area contributed by atoms with E-state index in [4.69, 9.17) is 23.2 Å². The fourth-order valence-corrected chi connectivity index (χ4v) is 6.07. The van der Waals surface area contributed by atoms with Crippen LogP contribution in [0, 0.1) is 22.0 Å². The third-order valence-electron chi connectivity index (χ3n) is 6.22. The van der Waals surface area contributed by atoms with Crippen molar-refractivity contribution in [1.29, 1.82) is 0 Å². The molecule has 36 heavy (non-hydrogen) atoms. The number of alkyl halides is 2. The fourth-order valence-electron chi connectivity index (χ4n) is 4.35. The Hall–Kier alpha value is -2.34. The summed E-state index contributed by atoms with van der Waals surface area (Å²) in [6.07, 6.45) is 0.753. The Kier molecular flexibility index (Phi) is 7.84. The topological polar surface area (TPSA) is 118 Å². The highest BCUT2D eigenvalue weighted by Gasteiger charge is 2.54. The number of Topliss-reactive ketones (excluding diaryl/α,β-unsaturated/α-hetero) is 1. The number of nitrogens with zero attached hydrogens (tertiary/aromatic N) is 3. The van der Waals surface area contributed by atoms with Gasteiger partial charge in [-0.15, -0.1) is 0 Å². The molecule has 2 aliphatic rings. The number of fused-ring (bicyclic) bond motifs is 1. The van der Waals surface area contributed by atoms with E-state index in [-0.39, 0.29) is 36.5 Å². The molecular weight excluding hydrogens is 645 g/mol. The van der Waals surface area contributed by atoms with Crippen LogP contribution in [-0.4, -0.2) is 54.6 Å². The molecule has 9 nitrogen and oxygen atoms in total. The molecule has 3 amide bonds. The van der Waals surface area contributed by atoms with E-state index < -0.39 is 46.8 Å². The first kappa shape index (κ1) is 26.7. The molecule has 0 radical (unpaired) electrons. The lowest BCUT2D eigenvalue weighted by molar-refractivity contribution is -0.384. The normalized spacial score (nSPS) is 23.4. The van der Waals surface area contributed by atoms with E-state index in [9.17, 15) is 29.3 Å². The summed E-state index contributed by atoms with van der Waals surface area (Å²) in [6.45, 7) is -0.665. The van der Waals surface area contributed by atoms with Gasteiger partial charge in [-0.1, -0.05) is 55.1 Å². The van der Waals surface area contributed by atoms with Gasteiger partial charge in [0.25, 0.3) is 23.4 Å². The number of rotatable bonds is 6. The molecule has 1 saturated heterocycles. The van der Waals surface area contributed by atoms with Gasteiger partial charge in [-0.2, -0.15) is 5.01 Å². The largest absolute Gasteiger partial charge is 0.292 e. The van der Waals surface area contributed by atoms with E-state index in [0.29, 0.717) is 12.8 Å². The second-order valence-electron chi connectivity index (χ2n) is 8.42. The number of hydrazine groups is 1. The molecule has 0 spiro atoms. The first-order valence-corrected chi connectivity index (χ1v) is 13.3. The summed E-state index contributed by atoms with van der Waals surface area (Å²) in [5, 5.41) is 12.7. The third-order valence-corrected chi connectivity index (χ3v) is 9.50. The molecule has 13 heteroatoms. The minimum Gasteiger partial charge on any atom is -0.292 e. The quantitative estimate of drug-likeness (QED) is 0.140. The van der Waals surface area contributed by atoms with Gasteiger partial charge in [-0.25, -0.2) is 5.01 Å². The maximum atomic E-state index is 13.6. The summed E-state index contributed by atoms with van der Waals surface area (Å²) in [5.41, 5.74) is -0.196. The highest BCUT2D eigenvalue weighted by atomic mass is 79.9. The Morgan fingerprint density at radius 1 is 1.00 bits per heavy atom. The van der Waals surface area contributed by atoms with Crippen molar-refractivity contribution in [2.45, 2.75) is 22.5 Å². The minimum atomic E-state index is -0.835. The van der Waals surface area contributed by atoms with Gasteiger partial charge in [-0.05, 0) is 43.2 Å². The average Bonchev–Trinajstić information content (AvgIpc) is 3.06. The summed E-state index contributed by atoms with van der Waals surface area (Å²) < 4.78 is 0. The van der Waals surface area contributed by atoms with Gasteiger partial charge < -0.3 is 0 Å². The van der Waals surface area contributed by atoms with E-state index in [1.807, 2.05) is 0 Å². The second kappa shape index (κ2) is 10.6. The average molecular weight is 662 g/mol. The van der Waals surface area contributed by atoms with Gasteiger partial charge in [0.2, 0.25) is 0 Å². The minimum absolute atomic E-state index is 0.0159. The molecule has 2 fully saturated rings. The zero-order valence-corrected chi connectivity index (χ0v) is 23.0. The number of benzene rings is 2. The lowest BCUT2D eigenvalue weighted by Crippen LogP contribution is -2.52. The highest BCUT2D eigenvalue weighted by molar-refractivity contribution is 9.12. The number of imide groups is 1. The number of non-ortho nitro benzene ring substituents is 1. The van der Waals surface area contributed by atoms with Crippen molar-refractivity contribution in [3.63, 3.8) is 0 Å². The first-order valence-electron chi connectivity index (χ1n) is 10.7. The lowest BCUT2D eigenvalue weighted by atomic mass is 9.81. The zero-order valence-electron chi connectivity index (χ0n) is 18.3. The van der Waals surface area contributed by atoms with Crippen molar-refractivity contribution in [3.05, 3.63) is 73.8 Å². The zero-order chi connectivity index (χ0) is 26.3. The number of amides is 3. The summed E-state index contributed by atoms with van der Waals surface area (Å²) in [5.74, 6) is -3.93. The Labute approximate surface area is 232 Å². The Morgan fingerprint density at radius 2 is 1.56 bits per heavy atom. The van der Waals surface area contributed by atoms with Crippen LogP contribution in [-0.2, 0) is 9.59 Å². The molecule has 4 atom stereocenters. The molecule has 2 aromatic carbocycles. The number of hydrogen-bond donors (Lipinski definition) is 0. The Morgan fingerprint density at radius 3 is 2.06 bits per heavy atom. The van der Waals surface area contributed by atoms with Crippen LogP contribution in [0.4, 0.5) is 5.69 Å². The van der Waals surface area contributed by atoms with Crippen LogP contribution in [0.25, 0.3) is 0 Å². The van der Waals surface area contributed by atoms with Gasteiger partial charge in [0, 0.05) is 32.4 Å². The number of carbonyl (C=O) groups excluding carboxylic acids is 4. The molecule has 1 saturated carbocycles. The van der Waals surface area contributed by atoms with Crippen molar-refractivity contribution < 1.29 is 24.1 Å². The number of ketones is 1. The van der Waals surface area contributed by atoms with Crippen LogP contribution in [0.2, 0.25) is 10.0 Å². The number of halogens is 4. The molecule has 0 bridgehead atoms. The first-order chi connectivity index (χ1) is 17.0. The van der Waals surface area contributed by atoms with Gasteiger partial charge in [0.1, 0.15) is 6.54 Å². The molecule has 4 rings (SSSR count). The monoisotopic (exact) mass is 659 g/mol. The van der Waals surface area contributed by atoms with E-state index in [1.54, 1.807) is 0 Å². The molecule has 1 heterocycles. The summed E-state index contributed by atoms with van der Waals surface area (Å²) in [6, 6.07) is 8.91. The van der Waals surface area contributed by atoms with Gasteiger partial charge >= 0.3 is 0 Å². The second-order valence-corrected chi connectivity index (χ2v) is 11.6. The maximum Gasteiger partial charge on any atom is 0.274 e. The van der Waals surface area contributed by atoms with Crippen LogP contribution in [0.1, 0.15) is 33.6 Å². The van der Waals surface area contributed by atoms with Crippen molar-refractivity contribution in [1.82, 2.24) is 10.0 Å². The molecular formula is C23H17Br2Cl2N3O6. The molecule has 0 aromatic heterocycles. The molecule has 0 N–H and O–H groups in total. The van der Waals surface area contributed by atoms with Crippen LogP contribution in [0.5, 0.6) is 0 Å². The number of nitro groups is 1. The molecule has 1 aliphatic carbocycles. The van der Waals surface area contributed by atoms with Crippen LogP contribution in [0.3, 0.4) is 0 Å². The van der Waals surface area contributed by atoms with E-state index in [2.05, 4.69) is 31.9 Å². The number of carbonyl (C=O) groups is 4. The van der Waals surface area contributed by atoms with Crippen molar-refractivity contribution >= 4 is 84.3 Å². The molecule has 0 unspecified atom stereocenters.